The lowest BCUT2D eigenvalue weighted by Crippen LogP contribution is -2.44. The largest absolute Gasteiger partial charge is 0.478 e. The number of ether oxygens (including phenoxy) is 4. The predicted molar refractivity (Wildman–Crippen MR) is 204 cm³/mol. The first-order valence-corrected chi connectivity index (χ1v) is 17.2. The number of esters is 4. The summed E-state index contributed by atoms with van der Waals surface area (Å²) in [6, 6.07) is 18.6. The van der Waals surface area contributed by atoms with E-state index in [2.05, 4.69) is 29.9 Å². The van der Waals surface area contributed by atoms with Crippen molar-refractivity contribution in [1.29, 1.82) is 0 Å². The number of nitrogens with zero attached hydrogens (tertiary/aromatic N) is 6. The molecular formula is C41H35N7O11. The fraction of sp³-hybridized carbons (Fsp3) is 0.122. The molecule has 0 spiro atoms. The Balaban J connectivity index is 0.000000348. The Kier molecular flexibility index (Phi) is 16.9. The molecule has 0 saturated carbocycles. The number of carboxylic acids is 1. The lowest BCUT2D eigenvalue weighted by molar-refractivity contribution is -0.0642. The predicted octanol–water partition coefficient (Wildman–Crippen LogP) is 3.94. The Bertz CT molecular complexity index is 1980. The molecule has 18 nitrogen and oxygen atoms in total. The van der Waals surface area contributed by atoms with Gasteiger partial charge in [-0.25, -0.2) is 24.0 Å². The summed E-state index contributed by atoms with van der Waals surface area (Å²) in [7, 11) is 0. The van der Waals surface area contributed by atoms with Gasteiger partial charge < -0.3 is 29.8 Å². The van der Waals surface area contributed by atoms with Gasteiger partial charge in [0.25, 0.3) is 0 Å². The minimum absolute atomic E-state index is 0.161. The Morgan fingerprint density at radius 3 is 0.831 bits per heavy atom. The molecule has 0 saturated heterocycles. The van der Waals surface area contributed by atoms with Crippen LogP contribution < -0.4 is 5.73 Å². The number of hydrogen-bond acceptors (Lipinski definition) is 16. The van der Waals surface area contributed by atoms with Crippen molar-refractivity contribution in [3.63, 3.8) is 0 Å². The Morgan fingerprint density at radius 1 is 0.424 bits per heavy atom. The summed E-state index contributed by atoms with van der Waals surface area (Å²) >= 11 is 0. The van der Waals surface area contributed by atoms with E-state index >= 15 is 0 Å². The molecular weight excluding hydrogens is 766 g/mol. The average molecular weight is 802 g/mol. The van der Waals surface area contributed by atoms with E-state index in [1.54, 1.807) is 48.7 Å². The number of hydrogen-bond donors (Lipinski definition) is 2. The first kappa shape index (κ1) is 43.4. The number of pyridine rings is 6. The first-order chi connectivity index (χ1) is 28.6. The van der Waals surface area contributed by atoms with Crippen LogP contribution in [0.4, 0.5) is 0 Å². The standard InChI is InChI=1S/C29H24N4O8.C6H6N2O.C6H5NO2/c34-25(21-5-1-9-30-13-21)38-17-29(18-39-26(35)22-6-2-10-31-14-22,19-40-27(36)23-7-3-11-32-15-23)20-41-28(37)24-8-4-12-33-16-24;7-6(9)5-2-1-3-8-4-5;8-6(9)5-2-1-3-7-4-5/h1-16H,17-20H2;1-4H,(H2,7,9);1-4H,(H,8,9). The van der Waals surface area contributed by atoms with Gasteiger partial charge in [-0.15, -0.1) is 0 Å². The van der Waals surface area contributed by atoms with Gasteiger partial charge in [-0.3, -0.25) is 34.7 Å². The van der Waals surface area contributed by atoms with Crippen molar-refractivity contribution in [3.05, 3.63) is 181 Å². The number of aromatic nitrogens is 6. The topological polar surface area (TPSA) is 263 Å². The van der Waals surface area contributed by atoms with Gasteiger partial charge >= 0.3 is 29.8 Å². The van der Waals surface area contributed by atoms with Crippen molar-refractivity contribution < 1.29 is 52.8 Å². The van der Waals surface area contributed by atoms with E-state index in [0.29, 0.717) is 5.56 Å². The van der Waals surface area contributed by atoms with E-state index in [0.717, 1.165) is 0 Å². The van der Waals surface area contributed by atoms with Crippen molar-refractivity contribution in [1.82, 2.24) is 29.9 Å². The fourth-order valence-electron chi connectivity index (χ4n) is 4.39. The SMILES string of the molecule is NC(=O)c1cccnc1.O=C(O)c1cccnc1.O=C(OCC(COC(=O)c1cccnc1)(COC(=O)c1cccnc1)COC(=O)c1cccnc1)c1cccnc1. The zero-order valence-electron chi connectivity index (χ0n) is 31.0. The van der Waals surface area contributed by atoms with Crippen LogP contribution in [0.5, 0.6) is 0 Å². The molecule has 300 valence electrons. The number of primary amides is 1. The average Bonchev–Trinajstić information content (AvgIpc) is 3.30. The van der Waals surface area contributed by atoms with E-state index < -0.39 is 67.6 Å². The van der Waals surface area contributed by atoms with Crippen molar-refractivity contribution in [2.75, 3.05) is 26.4 Å². The molecule has 6 aromatic heterocycles. The minimum atomic E-state index is -1.51. The van der Waals surface area contributed by atoms with Crippen LogP contribution >= 0.6 is 0 Å². The molecule has 0 fully saturated rings. The van der Waals surface area contributed by atoms with Crippen molar-refractivity contribution >= 4 is 35.8 Å². The summed E-state index contributed by atoms with van der Waals surface area (Å²) in [5, 5.41) is 8.34. The third kappa shape index (κ3) is 14.7. The summed E-state index contributed by atoms with van der Waals surface area (Å²) in [5.41, 5.74) is 4.73. The van der Waals surface area contributed by atoms with Gasteiger partial charge in [-0.05, 0) is 72.8 Å². The monoisotopic (exact) mass is 801 g/mol. The summed E-state index contributed by atoms with van der Waals surface area (Å²) in [6.07, 6.45) is 17.1. The van der Waals surface area contributed by atoms with Crippen LogP contribution in [0, 0.1) is 5.41 Å². The molecule has 0 radical (unpaired) electrons. The molecule has 3 N–H and O–H groups in total. The van der Waals surface area contributed by atoms with Crippen LogP contribution in [0.2, 0.25) is 0 Å². The van der Waals surface area contributed by atoms with Gasteiger partial charge in [0.15, 0.2) is 0 Å². The minimum Gasteiger partial charge on any atom is -0.478 e. The molecule has 0 unspecified atom stereocenters. The Labute approximate surface area is 336 Å². The molecule has 6 heterocycles. The zero-order valence-corrected chi connectivity index (χ0v) is 31.0. The lowest BCUT2D eigenvalue weighted by Gasteiger charge is -2.31. The summed E-state index contributed by atoms with van der Waals surface area (Å²) < 4.78 is 22.1. The maximum absolute atomic E-state index is 12.8. The highest BCUT2D eigenvalue weighted by Gasteiger charge is 2.38. The van der Waals surface area contributed by atoms with Gasteiger partial charge in [-0.1, -0.05) is 0 Å². The summed E-state index contributed by atoms with van der Waals surface area (Å²) in [5.74, 6) is -4.33. The number of aromatic carboxylic acids is 1. The van der Waals surface area contributed by atoms with E-state index in [1.807, 2.05) is 0 Å². The second kappa shape index (κ2) is 22.9. The van der Waals surface area contributed by atoms with Crippen LogP contribution in [-0.4, -0.2) is 97.2 Å². The van der Waals surface area contributed by atoms with Crippen molar-refractivity contribution in [2.45, 2.75) is 0 Å². The molecule has 0 atom stereocenters. The second-order valence-electron chi connectivity index (χ2n) is 11.9. The molecule has 0 aromatic carbocycles. The number of carbonyl (C=O) groups is 6. The molecule has 6 aromatic rings. The molecule has 18 heteroatoms. The number of carboxylic acid groups (broad SMARTS) is 1. The van der Waals surface area contributed by atoms with Crippen molar-refractivity contribution in [2.24, 2.45) is 11.1 Å². The molecule has 0 aliphatic carbocycles. The number of rotatable bonds is 14. The lowest BCUT2D eigenvalue weighted by atomic mass is 9.92. The van der Waals surface area contributed by atoms with Crippen LogP contribution in [0.25, 0.3) is 0 Å². The third-order valence-corrected chi connectivity index (χ3v) is 7.48. The maximum Gasteiger partial charge on any atom is 0.339 e. The van der Waals surface area contributed by atoms with Crippen LogP contribution in [0.3, 0.4) is 0 Å². The van der Waals surface area contributed by atoms with E-state index in [-0.39, 0.29) is 27.8 Å². The van der Waals surface area contributed by atoms with Gasteiger partial charge in [0, 0.05) is 74.4 Å². The van der Waals surface area contributed by atoms with Gasteiger partial charge in [-0.2, -0.15) is 0 Å². The molecule has 0 aliphatic rings. The summed E-state index contributed by atoms with van der Waals surface area (Å²) in [6.45, 7) is -1.83. The second-order valence-corrected chi connectivity index (χ2v) is 11.9. The Morgan fingerprint density at radius 2 is 0.661 bits per heavy atom. The Hall–Kier alpha value is -8.28. The third-order valence-electron chi connectivity index (χ3n) is 7.48. The van der Waals surface area contributed by atoms with Crippen molar-refractivity contribution in [3.8, 4) is 0 Å². The van der Waals surface area contributed by atoms with E-state index in [1.165, 1.54) is 98.5 Å². The van der Waals surface area contributed by atoms with Crippen LogP contribution in [0.1, 0.15) is 62.1 Å². The number of amides is 1. The first-order valence-electron chi connectivity index (χ1n) is 17.2. The highest BCUT2D eigenvalue weighted by molar-refractivity contribution is 5.92. The van der Waals surface area contributed by atoms with Crippen LogP contribution in [0.15, 0.2) is 147 Å². The van der Waals surface area contributed by atoms with Gasteiger partial charge in [0.1, 0.15) is 31.8 Å². The van der Waals surface area contributed by atoms with Gasteiger partial charge in [0.05, 0.1) is 33.4 Å². The molecule has 6 rings (SSSR count). The van der Waals surface area contributed by atoms with E-state index in [9.17, 15) is 28.8 Å². The number of carbonyl (C=O) groups excluding carboxylic acids is 5. The van der Waals surface area contributed by atoms with E-state index in [4.69, 9.17) is 29.8 Å². The molecule has 1 amide bonds. The molecule has 0 bridgehead atoms. The normalized spacial score (nSPS) is 10.2. The zero-order chi connectivity index (χ0) is 42.3. The smallest absolute Gasteiger partial charge is 0.339 e. The van der Waals surface area contributed by atoms with Crippen LogP contribution in [-0.2, 0) is 18.9 Å². The van der Waals surface area contributed by atoms with Gasteiger partial charge in [0.2, 0.25) is 5.91 Å². The number of nitrogens with two attached hydrogens (primary N) is 1. The highest BCUT2D eigenvalue weighted by Crippen LogP contribution is 2.24. The molecule has 59 heavy (non-hydrogen) atoms. The molecule has 0 aliphatic heterocycles. The quantitative estimate of drug-likeness (QED) is 0.117. The fourth-order valence-corrected chi connectivity index (χ4v) is 4.39. The maximum atomic E-state index is 12.8. The summed E-state index contributed by atoms with van der Waals surface area (Å²) in [4.78, 5) is 94.5. The highest BCUT2D eigenvalue weighted by atomic mass is 16.6.